The van der Waals surface area contributed by atoms with E-state index in [0.29, 0.717) is 5.69 Å². The molecule has 0 aliphatic heterocycles. The summed E-state index contributed by atoms with van der Waals surface area (Å²) < 4.78 is 39.7. The zero-order chi connectivity index (χ0) is 12.6. The maximum Gasteiger partial charge on any atom is 0.416 e. The van der Waals surface area contributed by atoms with Crippen molar-refractivity contribution in [1.29, 1.82) is 0 Å². The fraction of sp³-hybridized carbons (Fsp3) is 0.250. The van der Waals surface area contributed by atoms with Crippen LogP contribution < -0.4 is 0 Å². The Balaban J connectivity index is 2.62. The molecule has 0 saturated carbocycles. The third-order valence-corrected chi connectivity index (χ3v) is 2.67. The maximum atomic E-state index is 12.7. The zero-order valence-corrected chi connectivity index (χ0v) is 9.42. The van der Waals surface area contributed by atoms with Crippen LogP contribution in [-0.4, -0.2) is 9.78 Å². The molecule has 2 nitrogen and oxygen atoms in total. The molecule has 0 saturated heterocycles. The molecule has 0 radical (unpaired) electrons. The standard InChI is InChI=1S/C12H11F3N2/c1-8-6-7-16-17(8)11-5-3-4-10(9(11)2)12(13,14)15/h3-7H,1-2H3. The van der Waals surface area contributed by atoms with Crippen molar-refractivity contribution in [2.75, 3.05) is 0 Å². The summed E-state index contributed by atoms with van der Waals surface area (Å²) in [4.78, 5) is 0. The first-order valence-electron chi connectivity index (χ1n) is 5.09. The molecule has 2 rings (SSSR count). The van der Waals surface area contributed by atoms with Gasteiger partial charge in [-0.1, -0.05) is 6.07 Å². The van der Waals surface area contributed by atoms with E-state index < -0.39 is 11.7 Å². The van der Waals surface area contributed by atoms with Crippen LogP contribution in [0.5, 0.6) is 0 Å². The minimum atomic E-state index is -4.33. The van der Waals surface area contributed by atoms with Gasteiger partial charge in [0, 0.05) is 11.9 Å². The minimum absolute atomic E-state index is 0.187. The highest BCUT2D eigenvalue weighted by Gasteiger charge is 2.33. The summed E-state index contributed by atoms with van der Waals surface area (Å²) in [6, 6.07) is 5.86. The van der Waals surface area contributed by atoms with Crippen LogP contribution in [0.3, 0.4) is 0 Å². The first-order chi connectivity index (χ1) is 7.91. The van der Waals surface area contributed by atoms with Gasteiger partial charge >= 0.3 is 6.18 Å². The van der Waals surface area contributed by atoms with Gasteiger partial charge in [-0.05, 0) is 37.6 Å². The van der Waals surface area contributed by atoms with Crippen LogP contribution in [0.1, 0.15) is 16.8 Å². The van der Waals surface area contributed by atoms with Crippen molar-refractivity contribution in [3.63, 3.8) is 0 Å². The van der Waals surface area contributed by atoms with Gasteiger partial charge in [0.1, 0.15) is 0 Å². The average molecular weight is 240 g/mol. The van der Waals surface area contributed by atoms with Crippen LogP contribution in [0.4, 0.5) is 13.2 Å². The van der Waals surface area contributed by atoms with Gasteiger partial charge in [-0.3, -0.25) is 0 Å². The highest BCUT2D eigenvalue weighted by molar-refractivity contribution is 5.46. The minimum Gasteiger partial charge on any atom is -0.238 e. The molecule has 0 spiro atoms. The molecular formula is C12H11F3N2. The van der Waals surface area contributed by atoms with Gasteiger partial charge in [0.25, 0.3) is 0 Å². The summed E-state index contributed by atoms with van der Waals surface area (Å²) in [7, 11) is 0. The van der Waals surface area contributed by atoms with Gasteiger partial charge in [0.2, 0.25) is 0 Å². The van der Waals surface area contributed by atoms with E-state index in [1.165, 1.54) is 17.7 Å². The molecule has 90 valence electrons. The molecule has 17 heavy (non-hydrogen) atoms. The fourth-order valence-electron chi connectivity index (χ4n) is 1.78. The SMILES string of the molecule is Cc1c(-n2nccc2C)cccc1C(F)(F)F. The van der Waals surface area contributed by atoms with Crippen LogP contribution in [0.2, 0.25) is 0 Å². The Bertz CT molecular complexity index is 541. The van der Waals surface area contributed by atoms with Crippen molar-refractivity contribution in [1.82, 2.24) is 9.78 Å². The Hall–Kier alpha value is -1.78. The number of rotatable bonds is 1. The predicted molar refractivity (Wildman–Crippen MR) is 58.0 cm³/mol. The second kappa shape index (κ2) is 3.91. The van der Waals surface area contributed by atoms with Crippen molar-refractivity contribution in [2.24, 2.45) is 0 Å². The summed E-state index contributed by atoms with van der Waals surface area (Å²) in [5.74, 6) is 0. The number of aryl methyl sites for hydroxylation is 1. The van der Waals surface area contributed by atoms with Gasteiger partial charge in [-0.15, -0.1) is 0 Å². The number of aromatic nitrogens is 2. The van der Waals surface area contributed by atoms with E-state index >= 15 is 0 Å². The van der Waals surface area contributed by atoms with E-state index in [1.807, 2.05) is 0 Å². The zero-order valence-electron chi connectivity index (χ0n) is 9.42. The second-order valence-corrected chi connectivity index (χ2v) is 3.83. The largest absolute Gasteiger partial charge is 0.416 e. The van der Waals surface area contributed by atoms with Crippen LogP contribution in [0, 0.1) is 13.8 Å². The number of benzene rings is 1. The Morgan fingerprint density at radius 1 is 1.12 bits per heavy atom. The third-order valence-electron chi connectivity index (χ3n) is 2.67. The Labute approximate surface area is 96.7 Å². The lowest BCUT2D eigenvalue weighted by Gasteiger charge is -2.14. The fourth-order valence-corrected chi connectivity index (χ4v) is 1.78. The van der Waals surface area contributed by atoms with E-state index in [0.717, 1.165) is 11.8 Å². The van der Waals surface area contributed by atoms with Crippen molar-refractivity contribution in [2.45, 2.75) is 20.0 Å². The Morgan fingerprint density at radius 3 is 2.35 bits per heavy atom. The van der Waals surface area contributed by atoms with E-state index in [4.69, 9.17) is 0 Å². The number of alkyl halides is 3. The Morgan fingerprint density at radius 2 is 1.82 bits per heavy atom. The summed E-state index contributed by atoms with van der Waals surface area (Å²) >= 11 is 0. The van der Waals surface area contributed by atoms with Crippen LogP contribution >= 0.6 is 0 Å². The number of nitrogens with zero attached hydrogens (tertiary/aromatic N) is 2. The monoisotopic (exact) mass is 240 g/mol. The normalized spacial score (nSPS) is 11.8. The molecule has 1 heterocycles. The van der Waals surface area contributed by atoms with Crippen molar-refractivity contribution in [3.8, 4) is 5.69 Å². The highest BCUT2D eigenvalue weighted by atomic mass is 19.4. The van der Waals surface area contributed by atoms with Crippen molar-refractivity contribution >= 4 is 0 Å². The molecule has 0 N–H and O–H groups in total. The van der Waals surface area contributed by atoms with Gasteiger partial charge in [0.15, 0.2) is 0 Å². The summed E-state index contributed by atoms with van der Waals surface area (Å²) in [6.07, 6.45) is -2.77. The Kier molecular flexibility index (Phi) is 2.69. The smallest absolute Gasteiger partial charge is 0.238 e. The number of halogens is 3. The molecule has 0 aliphatic carbocycles. The molecule has 2 aromatic rings. The van der Waals surface area contributed by atoms with Gasteiger partial charge < -0.3 is 0 Å². The number of hydrogen-bond donors (Lipinski definition) is 0. The molecule has 0 aliphatic rings. The van der Waals surface area contributed by atoms with Crippen LogP contribution in [0.25, 0.3) is 5.69 Å². The van der Waals surface area contributed by atoms with Crippen molar-refractivity contribution < 1.29 is 13.2 Å². The molecular weight excluding hydrogens is 229 g/mol. The topological polar surface area (TPSA) is 17.8 Å². The lowest BCUT2D eigenvalue weighted by molar-refractivity contribution is -0.138. The average Bonchev–Trinajstić information content (AvgIpc) is 2.63. The van der Waals surface area contributed by atoms with Crippen LogP contribution in [-0.2, 0) is 6.18 Å². The first kappa shape index (κ1) is 11.7. The predicted octanol–water partition coefficient (Wildman–Crippen LogP) is 3.51. The van der Waals surface area contributed by atoms with E-state index in [2.05, 4.69) is 5.10 Å². The molecule has 1 aromatic heterocycles. The molecule has 0 atom stereocenters. The summed E-state index contributed by atoms with van der Waals surface area (Å²) in [5.41, 5.74) is 0.825. The quantitative estimate of drug-likeness (QED) is 0.745. The van der Waals surface area contributed by atoms with E-state index in [9.17, 15) is 13.2 Å². The molecule has 0 amide bonds. The van der Waals surface area contributed by atoms with E-state index in [-0.39, 0.29) is 5.56 Å². The van der Waals surface area contributed by atoms with Gasteiger partial charge in [-0.25, -0.2) is 4.68 Å². The number of hydrogen-bond acceptors (Lipinski definition) is 1. The van der Waals surface area contributed by atoms with Crippen LogP contribution in [0.15, 0.2) is 30.5 Å². The van der Waals surface area contributed by atoms with Gasteiger partial charge in [-0.2, -0.15) is 18.3 Å². The lowest BCUT2D eigenvalue weighted by atomic mass is 10.1. The summed E-state index contributed by atoms with van der Waals surface area (Å²) in [5, 5.41) is 4.02. The lowest BCUT2D eigenvalue weighted by Crippen LogP contribution is -2.11. The van der Waals surface area contributed by atoms with Crippen molar-refractivity contribution in [3.05, 3.63) is 47.3 Å². The molecule has 0 bridgehead atoms. The maximum absolute atomic E-state index is 12.7. The molecule has 0 unspecified atom stereocenters. The first-order valence-corrected chi connectivity index (χ1v) is 5.09. The van der Waals surface area contributed by atoms with E-state index in [1.54, 1.807) is 25.3 Å². The molecule has 1 aromatic carbocycles. The third kappa shape index (κ3) is 2.05. The second-order valence-electron chi connectivity index (χ2n) is 3.83. The molecule has 5 heteroatoms. The molecule has 0 fully saturated rings. The highest BCUT2D eigenvalue weighted by Crippen LogP contribution is 2.33. The van der Waals surface area contributed by atoms with Gasteiger partial charge in [0.05, 0.1) is 11.3 Å². The summed E-state index contributed by atoms with van der Waals surface area (Å²) in [6.45, 7) is 3.26.